The molecule has 5 nitrogen and oxygen atoms in total. The summed E-state index contributed by atoms with van der Waals surface area (Å²) in [4.78, 5) is 0. The lowest BCUT2D eigenvalue weighted by Gasteiger charge is -2.24. The van der Waals surface area contributed by atoms with E-state index in [0.29, 0.717) is 6.61 Å². The van der Waals surface area contributed by atoms with Crippen molar-refractivity contribution in [1.29, 1.82) is 0 Å². The quantitative estimate of drug-likeness (QED) is 0.424. The predicted molar refractivity (Wildman–Crippen MR) is 71.9 cm³/mol. The third-order valence-corrected chi connectivity index (χ3v) is 3.21. The van der Waals surface area contributed by atoms with Crippen LogP contribution in [0.15, 0.2) is 12.2 Å². The summed E-state index contributed by atoms with van der Waals surface area (Å²) >= 11 is 0. The molecule has 0 aromatic carbocycles. The number of aliphatic hydroxyl groups is 3. The largest absolute Gasteiger partial charge is 0.394 e. The Morgan fingerprint density at radius 2 is 2.05 bits per heavy atom. The Kier molecular flexibility index (Phi) is 8.25. The van der Waals surface area contributed by atoms with Gasteiger partial charge in [0.05, 0.1) is 13.2 Å². The predicted octanol–water partition coefficient (Wildman–Crippen LogP) is 0.621. The fraction of sp³-hybridized carbons (Fsp3) is 0.857. The second-order valence-electron chi connectivity index (χ2n) is 4.85. The monoisotopic (exact) mass is 274 g/mol. The molecule has 0 aliphatic carbocycles. The molecule has 112 valence electrons. The fourth-order valence-electron chi connectivity index (χ4n) is 2.04. The van der Waals surface area contributed by atoms with E-state index in [1.165, 1.54) is 0 Å². The van der Waals surface area contributed by atoms with Gasteiger partial charge in [-0.05, 0) is 19.3 Å². The van der Waals surface area contributed by atoms with Crippen molar-refractivity contribution in [2.75, 3.05) is 19.8 Å². The molecular formula is C14H26O5. The Labute approximate surface area is 114 Å². The second-order valence-corrected chi connectivity index (χ2v) is 4.85. The van der Waals surface area contributed by atoms with Gasteiger partial charge < -0.3 is 24.8 Å². The van der Waals surface area contributed by atoms with Gasteiger partial charge in [0, 0.05) is 6.61 Å². The Hall–Kier alpha value is -0.460. The molecule has 1 aliphatic heterocycles. The van der Waals surface area contributed by atoms with Gasteiger partial charge in [0.1, 0.15) is 24.4 Å². The summed E-state index contributed by atoms with van der Waals surface area (Å²) in [6.07, 6.45) is 5.24. The minimum Gasteiger partial charge on any atom is -0.394 e. The summed E-state index contributed by atoms with van der Waals surface area (Å²) in [7, 11) is 0. The van der Waals surface area contributed by atoms with Gasteiger partial charge in [-0.1, -0.05) is 25.5 Å². The molecule has 1 rings (SSSR count). The SMILES string of the molecule is CCC/C=C/CCCO[C@@H](CO)[C@@H]1OC[C@@H](O)[C@@H]1O. The van der Waals surface area contributed by atoms with Gasteiger partial charge in [-0.3, -0.25) is 0 Å². The van der Waals surface area contributed by atoms with E-state index >= 15 is 0 Å². The molecule has 1 fully saturated rings. The van der Waals surface area contributed by atoms with Crippen LogP contribution in [0.25, 0.3) is 0 Å². The average Bonchev–Trinajstić information content (AvgIpc) is 2.74. The normalized spacial score (nSPS) is 29.2. The van der Waals surface area contributed by atoms with Crippen LogP contribution in [0.5, 0.6) is 0 Å². The van der Waals surface area contributed by atoms with Crippen molar-refractivity contribution >= 4 is 0 Å². The van der Waals surface area contributed by atoms with Gasteiger partial charge >= 0.3 is 0 Å². The first-order valence-corrected chi connectivity index (χ1v) is 7.05. The number of ether oxygens (including phenoxy) is 2. The number of rotatable bonds is 9. The lowest BCUT2D eigenvalue weighted by atomic mass is 10.1. The molecule has 3 N–H and O–H groups in total. The highest BCUT2D eigenvalue weighted by Gasteiger charge is 2.40. The van der Waals surface area contributed by atoms with E-state index in [9.17, 15) is 15.3 Å². The van der Waals surface area contributed by atoms with Crippen LogP contribution in [0.2, 0.25) is 0 Å². The number of unbranched alkanes of at least 4 members (excludes halogenated alkanes) is 2. The lowest BCUT2D eigenvalue weighted by molar-refractivity contribution is -0.101. The Morgan fingerprint density at radius 3 is 2.63 bits per heavy atom. The molecule has 19 heavy (non-hydrogen) atoms. The van der Waals surface area contributed by atoms with Crippen molar-refractivity contribution in [3.05, 3.63) is 12.2 Å². The molecule has 1 saturated heterocycles. The summed E-state index contributed by atoms with van der Waals surface area (Å²) in [6, 6.07) is 0. The van der Waals surface area contributed by atoms with E-state index in [1.54, 1.807) is 0 Å². The van der Waals surface area contributed by atoms with Crippen LogP contribution in [0, 0.1) is 0 Å². The molecule has 0 saturated carbocycles. The van der Waals surface area contributed by atoms with Crippen LogP contribution in [0.1, 0.15) is 32.6 Å². The zero-order chi connectivity index (χ0) is 14.1. The van der Waals surface area contributed by atoms with Gasteiger partial charge in [-0.2, -0.15) is 0 Å². The van der Waals surface area contributed by atoms with Crippen LogP contribution >= 0.6 is 0 Å². The van der Waals surface area contributed by atoms with Gasteiger partial charge in [0.2, 0.25) is 0 Å². The van der Waals surface area contributed by atoms with Crippen molar-refractivity contribution in [2.24, 2.45) is 0 Å². The van der Waals surface area contributed by atoms with Crippen molar-refractivity contribution in [1.82, 2.24) is 0 Å². The van der Waals surface area contributed by atoms with E-state index in [-0.39, 0.29) is 13.2 Å². The van der Waals surface area contributed by atoms with Gasteiger partial charge in [0.15, 0.2) is 0 Å². The van der Waals surface area contributed by atoms with E-state index in [1.807, 2.05) is 0 Å². The maximum atomic E-state index is 9.68. The van der Waals surface area contributed by atoms with Crippen LogP contribution in [-0.4, -0.2) is 59.6 Å². The molecule has 0 unspecified atom stereocenters. The van der Waals surface area contributed by atoms with E-state index in [0.717, 1.165) is 25.7 Å². The van der Waals surface area contributed by atoms with Crippen LogP contribution in [0.3, 0.4) is 0 Å². The molecule has 0 spiro atoms. The first kappa shape index (κ1) is 16.6. The molecule has 0 aromatic heterocycles. The molecule has 0 radical (unpaired) electrons. The maximum Gasteiger partial charge on any atom is 0.114 e. The molecule has 4 atom stereocenters. The summed E-state index contributed by atoms with van der Waals surface area (Å²) < 4.78 is 10.8. The zero-order valence-corrected chi connectivity index (χ0v) is 11.6. The summed E-state index contributed by atoms with van der Waals surface area (Å²) in [5.41, 5.74) is 0. The highest BCUT2D eigenvalue weighted by atomic mass is 16.6. The van der Waals surface area contributed by atoms with E-state index in [4.69, 9.17) is 9.47 Å². The Bertz CT molecular complexity index is 256. The van der Waals surface area contributed by atoms with Crippen molar-refractivity contribution in [2.45, 2.75) is 57.0 Å². The van der Waals surface area contributed by atoms with E-state index in [2.05, 4.69) is 19.1 Å². The van der Waals surface area contributed by atoms with Gasteiger partial charge in [-0.25, -0.2) is 0 Å². The maximum absolute atomic E-state index is 9.68. The highest BCUT2D eigenvalue weighted by molar-refractivity contribution is 4.88. The molecule has 0 aromatic rings. The van der Waals surface area contributed by atoms with Crippen molar-refractivity contribution in [3.8, 4) is 0 Å². The van der Waals surface area contributed by atoms with Gasteiger partial charge in [-0.15, -0.1) is 0 Å². The third-order valence-electron chi connectivity index (χ3n) is 3.21. The van der Waals surface area contributed by atoms with Crippen LogP contribution in [-0.2, 0) is 9.47 Å². The second kappa shape index (κ2) is 9.44. The van der Waals surface area contributed by atoms with Crippen molar-refractivity contribution < 1.29 is 24.8 Å². The standard InChI is InChI=1S/C14H26O5/c1-2-3-4-5-6-7-8-18-12(9-15)14-13(17)11(16)10-19-14/h4-5,11-17H,2-3,6-10H2,1H3/b5-4+/t11-,12+,13+,14+/m1/s1. The number of aliphatic hydroxyl groups excluding tert-OH is 3. The molecule has 1 heterocycles. The average molecular weight is 274 g/mol. The number of hydrogen-bond acceptors (Lipinski definition) is 5. The van der Waals surface area contributed by atoms with Crippen LogP contribution < -0.4 is 0 Å². The van der Waals surface area contributed by atoms with Crippen LogP contribution in [0.4, 0.5) is 0 Å². The van der Waals surface area contributed by atoms with E-state index < -0.39 is 24.4 Å². The topological polar surface area (TPSA) is 79.2 Å². The fourth-order valence-corrected chi connectivity index (χ4v) is 2.04. The summed E-state index contributed by atoms with van der Waals surface area (Å²) in [5, 5.41) is 28.3. The summed E-state index contributed by atoms with van der Waals surface area (Å²) in [6.45, 7) is 2.51. The first-order chi connectivity index (χ1) is 9.20. The zero-order valence-electron chi connectivity index (χ0n) is 11.6. The molecule has 1 aliphatic rings. The highest BCUT2D eigenvalue weighted by Crippen LogP contribution is 2.19. The Morgan fingerprint density at radius 1 is 1.32 bits per heavy atom. The number of hydrogen-bond donors (Lipinski definition) is 3. The minimum atomic E-state index is -0.985. The third kappa shape index (κ3) is 5.58. The first-order valence-electron chi connectivity index (χ1n) is 7.05. The number of allylic oxidation sites excluding steroid dienone is 2. The lowest BCUT2D eigenvalue weighted by Crippen LogP contribution is -2.42. The smallest absolute Gasteiger partial charge is 0.114 e. The summed E-state index contributed by atoms with van der Waals surface area (Å²) in [5.74, 6) is 0. The van der Waals surface area contributed by atoms with Gasteiger partial charge in [0.25, 0.3) is 0 Å². The Balaban J connectivity index is 2.18. The van der Waals surface area contributed by atoms with Crippen molar-refractivity contribution in [3.63, 3.8) is 0 Å². The minimum absolute atomic E-state index is 0.0887. The molecule has 5 heteroatoms. The molecule has 0 amide bonds. The molecule has 0 bridgehead atoms. The molecular weight excluding hydrogens is 248 g/mol.